The van der Waals surface area contributed by atoms with Crippen molar-refractivity contribution in [2.75, 3.05) is 13.1 Å². The van der Waals surface area contributed by atoms with Crippen LogP contribution in [-0.4, -0.2) is 30.9 Å². The maximum absolute atomic E-state index is 12.6. The fourth-order valence-corrected chi connectivity index (χ4v) is 5.08. The maximum atomic E-state index is 12.6. The van der Waals surface area contributed by atoms with Crippen molar-refractivity contribution in [2.45, 2.75) is 25.4 Å². The van der Waals surface area contributed by atoms with Gasteiger partial charge in [0, 0.05) is 30.2 Å². The Labute approximate surface area is 229 Å². The Morgan fingerprint density at radius 1 is 0.811 bits per heavy atom. The summed E-state index contributed by atoms with van der Waals surface area (Å²) >= 11 is 18.5. The Morgan fingerprint density at radius 2 is 1.54 bits per heavy atom. The van der Waals surface area contributed by atoms with E-state index in [9.17, 15) is 14.4 Å². The number of aryl methyl sites for hydroxylation is 1. The molecule has 1 atom stereocenters. The van der Waals surface area contributed by atoms with Crippen molar-refractivity contribution in [2.24, 2.45) is 0 Å². The predicted octanol–water partition coefficient (Wildman–Crippen LogP) is 5.29. The largest absolute Gasteiger partial charge is 0.350 e. The Morgan fingerprint density at radius 3 is 2.30 bits per heavy atom. The number of benzene rings is 3. The molecule has 1 unspecified atom stereocenters. The lowest BCUT2D eigenvalue weighted by Crippen LogP contribution is -2.41. The second kappa shape index (κ2) is 12.3. The summed E-state index contributed by atoms with van der Waals surface area (Å²) in [6, 6.07) is 17.6. The molecular weight excluding hydrogens is 535 g/mol. The van der Waals surface area contributed by atoms with Crippen molar-refractivity contribution >= 4 is 52.6 Å². The van der Waals surface area contributed by atoms with Crippen molar-refractivity contribution in [1.29, 1.82) is 0 Å². The monoisotopic (exact) mass is 558 g/mol. The van der Waals surface area contributed by atoms with E-state index < -0.39 is 11.8 Å². The number of fused-ring (bicyclic) bond motifs is 1. The number of carbonyl (C=O) groups is 3. The van der Waals surface area contributed by atoms with E-state index >= 15 is 0 Å². The zero-order valence-corrected chi connectivity index (χ0v) is 22.0. The number of urea groups is 1. The molecule has 4 amide bonds. The van der Waals surface area contributed by atoms with Crippen LogP contribution < -0.4 is 21.3 Å². The molecule has 1 aliphatic carbocycles. The number of carbonyl (C=O) groups excluding carboxylic acids is 3. The van der Waals surface area contributed by atoms with Crippen LogP contribution in [0.3, 0.4) is 0 Å². The van der Waals surface area contributed by atoms with Gasteiger partial charge in [0.2, 0.25) is 0 Å². The number of rotatable bonds is 8. The minimum atomic E-state index is -0.507. The molecule has 10 heteroatoms. The highest BCUT2D eigenvalue weighted by atomic mass is 35.5. The van der Waals surface area contributed by atoms with Crippen molar-refractivity contribution in [3.8, 4) is 0 Å². The molecule has 0 aliphatic heterocycles. The Bertz CT molecular complexity index is 1310. The summed E-state index contributed by atoms with van der Waals surface area (Å²) in [7, 11) is 0. The highest BCUT2D eigenvalue weighted by Gasteiger charge is 2.23. The normalized spacial score (nSPS) is 14.0. The first-order valence-corrected chi connectivity index (χ1v) is 12.9. The second-order valence-corrected chi connectivity index (χ2v) is 9.82. The van der Waals surface area contributed by atoms with Gasteiger partial charge in [0.25, 0.3) is 11.8 Å². The Kier molecular flexibility index (Phi) is 8.92. The van der Waals surface area contributed by atoms with Crippen LogP contribution in [0, 0.1) is 0 Å². The molecule has 3 aromatic rings. The lowest BCUT2D eigenvalue weighted by atomic mass is 10.1. The zero-order valence-electron chi connectivity index (χ0n) is 19.7. The molecule has 0 radical (unpaired) electrons. The average molecular weight is 560 g/mol. The molecule has 7 nitrogen and oxygen atoms in total. The average Bonchev–Trinajstić information content (AvgIpc) is 3.27. The van der Waals surface area contributed by atoms with Gasteiger partial charge in [-0.15, -0.1) is 0 Å². The van der Waals surface area contributed by atoms with Crippen molar-refractivity contribution in [3.05, 3.63) is 104 Å². The molecule has 0 saturated carbocycles. The molecular formula is C27H25Cl3N4O3. The summed E-state index contributed by atoms with van der Waals surface area (Å²) in [5.41, 5.74) is 3.50. The van der Waals surface area contributed by atoms with Gasteiger partial charge in [-0.1, -0.05) is 71.2 Å². The molecule has 0 spiro atoms. The molecule has 192 valence electrons. The van der Waals surface area contributed by atoms with Gasteiger partial charge in [-0.25, -0.2) is 4.79 Å². The molecule has 37 heavy (non-hydrogen) atoms. The number of nitrogens with one attached hydrogen (secondary N) is 4. The third-order valence-corrected chi connectivity index (χ3v) is 6.84. The lowest BCUT2D eigenvalue weighted by Gasteiger charge is -2.15. The van der Waals surface area contributed by atoms with Gasteiger partial charge in [-0.2, -0.15) is 0 Å². The molecule has 0 saturated heterocycles. The van der Waals surface area contributed by atoms with Crippen LogP contribution in [0.2, 0.25) is 15.1 Å². The number of amides is 4. The number of halogens is 3. The molecule has 0 fully saturated rings. The minimum Gasteiger partial charge on any atom is -0.350 e. The Balaban J connectivity index is 1.25. The topological polar surface area (TPSA) is 99.3 Å². The Hall–Kier alpha value is -3.26. The van der Waals surface area contributed by atoms with Crippen LogP contribution in [0.25, 0.3) is 0 Å². The van der Waals surface area contributed by atoms with Gasteiger partial charge in [0.1, 0.15) is 0 Å². The van der Waals surface area contributed by atoms with Crippen LogP contribution >= 0.6 is 34.8 Å². The van der Waals surface area contributed by atoms with Crippen molar-refractivity contribution in [3.63, 3.8) is 0 Å². The molecule has 0 bridgehead atoms. The number of hydrogen-bond donors (Lipinski definition) is 4. The summed E-state index contributed by atoms with van der Waals surface area (Å²) in [5, 5.41) is 11.8. The van der Waals surface area contributed by atoms with E-state index in [1.807, 2.05) is 24.3 Å². The van der Waals surface area contributed by atoms with Gasteiger partial charge < -0.3 is 21.3 Å². The SMILES string of the molecule is O=C(NCCNC(=O)c1c(Cl)cc(C(=O)NCc2cccc(Cl)c2)cc1Cl)NC1CCc2ccccc21. The van der Waals surface area contributed by atoms with E-state index in [-0.39, 0.29) is 52.9 Å². The predicted molar refractivity (Wildman–Crippen MR) is 145 cm³/mol. The highest BCUT2D eigenvalue weighted by molar-refractivity contribution is 6.40. The van der Waals surface area contributed by atoms with Crippen LogP contribution in [0.1, 0.15) is 49.9 Å². The fraction of sp³-hybridized carbons (Fsp3) is 0.222. The maximum Gasteiger partial charge on any atom is 0.315 e. The third kappa shape index (κ3) is 6.95. The van der Waals surface area contributed by atoms with Crippen molar-refractivity contribution in [1.82, 2.24) is 21.3 Å². The van der Waals surface area contributed by atoms with Gasteiger partial charge in [-0.05, 0) is 53.8 Å². The van der Waals surface area contributed by atoms with E-state index in [0.29, 0.717) is 5.02 Å². The summed E-state index contributed by atoms with van der Waals surface area (Å²) in [5.74, 6) is -0.899. The smallest absolute Gasteiger partial charge is 0.315 e. The van der Waals surface area contributed by atoms with Gasteiger partial charge in [-0.3, -0.25) is 9.59 Å². The third-order valence-electron chi connectivity index (χ3n) is 6.01. The van der Waals surface area contributed by atoms with E-state index in [4.69, 9.17) is 34.8 Å². The zero-order chi connectivity index (χ0) is 26.4. The molecule has 1 aliphatic rings. The summed E-state index contributed by atoms with van der Waals surface area (Å²) in [6.45, 7) is 0.651. The van der Waals surface area contributed by atoms with E-state index in [0.717, 1.165) is 24.0 Å². The molecule has 0 aromatic heterocycles. The molecule has 4 rings (SSSR count). The van der Waals surface area contributed by atoms with Gasteiger partial charge >= 0.3 is 6.03 Å². The van der Waals surface area contributed by atoms with Crippen LogP contribution in [-0.2, 0) is 13.0 Å². The second-order valence-electron chi connectivity index (χ2n) is 8.57. The van der Waals surface area contributed by atoms with Gasteiger partial charge in [0.15, 0.2) is 0 Å². The summed E-state index contributed by atoms with van der Waals surface area (Å²) < 4.78 is 0. The van der Waals surface area contributed by atoms with E-state index in [1.165, 1.54) is 17.7 Å². The lowest BCUT2D eigenvalue weighted by molar-refractivity contribution is 0.0940. The van der Waals surface area contributed by atoms with Crippen LogP contribution in [0.15, 0.2) is 60.7 Å². The fourth-order valence-electron chi connectivity index (χ4n) is 4.21. The molecule has 3 aromatic carbocycles. The van der Waals surface area contributed by atoms with E-state index in [2.05, 4.69) is 27.3 Å². The standard InChI is InChI=1S/C27H25Cl3N4O3/c28-19-6-3-4-16(12-19)15-33-25(35)18-13-21(29)24(22(30)14-18)26(36)31-10-11-32-27(37)34-23-9-8-17-5-1-2-7-20(17)23/h1-7,12-14,23H,8-11,15H2,(H,31,36)(H,33,35)(H2,32,34,37). The number of hydrogen-bond acceptors (Lipinski definition) is 3. The first kappa shape index (κ1) is 26.8. The minimum absolute atomic E-state index is 0.0235. The van der Waals surface area contributed by atoms with Crippen molar-refractivity contribution < 1.29 is 14.4 Å². The van der Waals surface area contributed by atoms with E-state index in [1.54, 1.807) is 18.2 Å². The first-order valence-electron chi connectivity index (χ1n) is 11.7. The van der Waals surface area contributed by atoms with Gasteiger partial charge in [0.05, 0.1) is 21.7 Å². The summed E-state index contributed by atoms with van der Waals surface area (Å²) in [4.78, 5) is 37.5. The molecule has 4 N–H and O–H groups in total. The summed E-state index contributed by atoms with van der Waals surface area (Å²) in [6.07, 6.45) is 1.79. The van der Waals surface area contributed by atoms with Crippen LogP contribution in [0.5, 0.6) is 0 Å². The highest BCUT2D eigenvalue weighted by Crippen LogP contribution is 2.30. The van der Waals surface area contributed by atoms with Crippen LogP contribution in [0.4, 0.5) is 4.79 Å². The molecule has 0 heterocycles. The first-order chi connectivity index (χ1) is 17.8. The quantitative estimate of drug-likeness (QED) is 0.282.